The summed E-state index contributed by atoms with van der Waals surface area (Å²) >= 11 is 7.57. The van der Waals surface area contributed by atoms with Crippen LogP contribution in [0, 0.1) is 5.82 Å². The van der Waals surface area contributed by atoms with Crippen LogP contribution in [-0.4, -0.2) is 17.5 Å². The van der Waals surface area contributed by atoms with Gasteiger partial charge in [0.15, 0.2) is 0 Å². The van der Waals surface area contributed by atoms with Crippen LogP contribution in [0.2, 0.25) is 5.02 Å². The number of rotatable bonds is 3. The van der Waals surface area contributed by atoms with Gasteiger partial charge in [-0.25, -0.2) is 4.39 Å². The lowest BCUT2D eigenvalue weighted by atomic mass is 10.2. The lowest BCUT2D eigenvalue weighted by Crippen LogP contribution is -2.27. The molecule has 0 spiro atoms. The molecule has 2 rings (SSSR count). The Kier molecular flexibility index (Phi) is 3.89. The van der Waals surface area contributed by atoms with E-state index in [1.54, 1.807) is 6.07 Å². The van der Waals surface area contributed by atoms with Gasteiger partial charge in [-0.15, -0.1) is 0 Å². The molecule has 1 fully saturated rings. The molecule has 1 aliphatic rings. The highest BCUT2D eigenvalue weighted by atomic mass is 35.5. The number of nitrogens with one attached hydrogen (secondary N) is 1. The molecule has 4 heteroatoms. The molecule has 1 aliphatic heterocycles. The van der Waals surface area contributed by atoms with Crippen molar-refractivity contribution in [2.45, 2.75) is 19.0 Å². The van der Waals surface area contributed by atoms with Crippen LogP contribution in [0.25, 0.3) is 0 Å². The Morgan fingerprint density at radius 3 is 3.07 bits per heavy atom. The summed E-state index contributed by atoms with van der Waals surface area (Å²) in [5, 5.41) is 3.60. The molecule has 0 radical (unpaired) electrons. The predicted molar refractivity (Wildman–Crippen MR) is 64.0 cm³/mol. The van der Waals surface area contributed by atoms with E-state index in [0.717, 1.165) is 17.9 Å². The zero-order chi connectivity index (χ0) is 10.7. The van der Waals surface area contributed by atoms with Crippen molar-refractivity contribution in [2.75, 3.05) is 11.5 Å². The van der Waals surface area contributed by atoms with E-state index < -0.39 is 0 Å². The van der Waals surface area contributed by atoms with E-state index in [-0.39, 0.29) is 10.8 Å². The highest BCUT2D eigenvalue weighted by Crippen LogP contribution is 2.18. The summed E-state index contributed by atoms with van der Waals surface area (Å²) in [5.41, 5.74) is 0.953. The van der Waals surface area contributed by atoms with Gasteiger partial charge < -0.3 is 5.32 Å². The van der Waals surface area contributed by atoms with Crippen molar-refractivity contribution in [3.8, 4) is 0 Å². The van der Waals surface area contributed by atoms with Crippen LogP contribution in [0.4, 0.5) is 4.39 Å². The molecule has 1 atom stereocenters. The van der Waals surface area contributed by atoms with Gasteiger partial charge in [-0.3, -0.25) is 0 Å². The van der Waals surface area contributed by atoms with Gasteiger partial charge in [0, 0.05) is 18.3 Å². The third-order valence-electron chi connectivity index (χ3n) is 2.51. The molecular formula is C11H13ClFNS. The molecule has 0 aliphatic carbocycles. The number of thioether (sulfide) groups is 1. The largest absolute Gasteiger partial charge is 0.309 e. The summed E-state index contributed by atoms with van der Waals surface area (Å²) < 4.78 is 13.1. The van der Waals surface area contributed by atoms with E-state index in [2.05, 4.69) is 5.32 Å². The van der Waals surface area contributed by atoms with E-state index in [4.69, 9.17) is 11.6 Å². The minimum atomic E-state index is -0.336. The minimum Gasteiger partial charge on any atom is -0.309 e. The Balaban J connectivity index is 1.90. The maximum Gasteiger partial charge on any atom is 0.142 e. The number of halogens is 2. The van der Waals surface area contributed by atoms with Crippen LogP contribution >= 0.6 is 23.4 Å². The van der Waals surface area contributed by atoms with Crippen molar-refractivity contribution in [3.05, 3.63) is 34.6 Å². The van der Waals surface area contributed by atoms with E-state index in [9.17, 15) is 4.39 Å². The number of hydrogen-bond donors (Lipinski definition) is 1. The average Bonchev–Trinajstić information content (AvgIpc) is 2.73. The normalized spacial score (nSPS) is 20.8. The molecule has 82 valence electrons. The van der Waals surface area contributed by atoms with Crippen molar-refractivity contribution in [3.63, 3.8) is 0 Å². The molecular weight excluding hydrogens is 233 g/mol. The Bertz CT molecular complexity index is 339. The van der Waals surface area contributed by atoms with Crippen LogP contribution in [0.1, 0.15) is 12.0 Å². The first-order valence-corrected chi connectivity index (χ1v) is 6.54. The van der Waals surface area contributed by atoms with Crippen LogP contribution in [-0.2, 0) is 6.54 Å². The molecule has 1 unspecified atom stereocenters. The fraction of sp³-hybridized carbons (Fsp3) is 0.455. The summed E-state index contributed by atoms with van der Waals surface area (Å²) in [4.78, 5) is 0. The van der Waals surface area contributed by atoms with Crippen LogP contribution in [0.15, 0.2) is 18.2 Å². The maximum absolute atomic E-state index is 13.1. The van der Waals surface area contributed by atoms with E-state index in [1.165, 1.54) is 18.2 Å². The second kappa shape index (κ2) is 5.19. The first-order chi connectivity index (χ1) is 7.25. The molecule has 1 heterocycles. The van der Waals surface area contributed by atoms with Gasteiger partial charge in [0.1, 0.15) is 5.82 Å². The van der Waals surface area contributed by atoms with Gasteiger partial charge in [0.05, 0.1) is 5.02 Å². The SMILES string of the molecule is Fc1cc(CNC2CCSC2)ccc1Cl. The van der Waals surface area contributed by atoms with Crippen molar-refractivity contribution < 1.29 is 4.39 Å². The van der Waals surface area contributed by atoms with Gasteiger partial charge in [-0.05, 0) is 29.9 Å². The van der Waals surface area contributed by atoms with Gasteiger partial charge in [-0.2, -0.15) is 11.8 Å². The lowest BCUT2D eigenvalue weighted by molar-refractivity contribution is 0.554. The van der Waals surface area contributed by atoms with Crippen molar-refractivity contribution >= 4 is 23.4 Å². The molecule has 0 bridgehead atoms. The molecule has 1 saturated heterocycles. The summed E-state index contributed by atoms with van der Waals surface area (Å²) in [6, 6.07) is 5.55. The Morgan fingerprint density at radius 2 is 2.40 bits per heavy atom. The van der Waals surface area contributed by atoms with Crippen LogP contribution < -0.4 is 5.32 Å². The maximum atomic E-state index is 13.1. The van der Waals surface area contributed by atoms with E-state index >= 15 is 0 Å². The molecule has 1 N–H and O–H groups in total. The van der Waals surface area contributed by atoms with Crippen molar-refractivity contribution in [1.29, 1.82) is 0 Å². The summed E-state index contributed by atoms with van der Waals surface area (Å²) in [7, 11) is 0. The Hall–Kier alpha value is -0.250. The van der Waals surface area contributed by atoms with E-state index in [0.29, 0.717) is 6.04 Å². The standard InChI is InChI=1S/C11H13ClFNS/c12-10-2-1-8(5-11(10)13)6-14-9-3-4-15-7-9/h1-2,5,9,14H,3-4,6-7H2. The minimum absolute atomic E-state index is 0.190. The predicted octanol–water partition coefficient (Wildman–Crippen LogP) is 3.07. The quantitative estimate of drug-likeness (QED) is 0.879. The van der Waals surface area contributed by atoms with Gasteiger partial charge in [0.25, 0.3) is 0 Å². The molecule has 0 amide bonds. The van der Waals surface area contributed by atoms with Crippen molar-refractivity contribution in [1.82, 2.24) is 5.32 Å². The number of hydrogen-bond acceptors (Lipinski definition) is 2. The van der Waals surface area contributed by atoms with Crippen molar-refractivity contribution in [2.24, 2.45) is 0 Å². The van der Waals surface area contributed by atoms with Crippen LogP contribution in [0.3, 0.4) is 0 Å². The zero-order valence-electron chi connectivity index (χ0n) is 8.30. The highest BCUT2D eigenvalue weighted by Gasteiger charge is 2.14. The number of benzene rings is 1. The monoisotopic (exact) mass is 245 g/mol. The lowest BCUT2D eigenvalue weighted by Gasteiger charge is -2.11. The average molecular weight is 246 g/mol. The fourth-order valence-corrected chi connectivity index (χ4v) is 2.91. The second-order valence-corrected chi connectivity index (χ2v) is 5.25. The zero-order valence-corrected chi connectivity index (χ0v) is 9.87. The smallest absolute Gasteiger partial charge is 0.142 e. The Labute approximate surface area is 98.4 Å². The van der Waals surface area contributed by atoms with Gasteiger partial charge in [-0.1, -0.05) is 17.7 Å². The topological polar surface area (TPSA) is 12.0 Å². The molecule has 0 saturated carbocycles. The molecule has 1 aromatic carbocycles. The second-order valence-electron chi connectivity index (χ2n) is 3.69. The van der Waals surface area contributed by atoms with Gasteiger partial charge >= 0.3 is 0 Å². The summed E-state index contributed by atoms with van der Waals surface area (Å²) in [6.45, 7) is 0.722. The first kappa shape index (κ1) is 11.2. The van der Waals surface area contributed by atoms with Gasteiger partial charge in [0.2, 0.25) is 0 Å². The third-order valence-corrected chi connectivity index (χ3v) is 3.98. The Morgan fingerprint density at radius 1 is 1.53 bits per heavy atom. The molecule has 1 nitrogen and oxygen atoms in total. The highest BCUT2D eigenvalue weighted by molar-refractivity contribution is 7.99. The van der Waals surface area contributed by atoms with E-state index in [1.807, 2.05) is 17.8 Å². The fourth-order valence-electron chi connectivity index (χ4n) is 1.61. The summed E-state index contributed by atoms with van der Waals surface area (Å²) in [6.07, 6.45) is 1.21. The first-order valence-electron chi connectivity index (χ1n) is 5.01. The summed E-state index contributed by atoms with van der Waals surface area (Å²) in [5.74, 6) is 2.06. The van der Waals surface area contributed by atoms with Crippen LogP contribution in [0.5, 0.6) is 0 Å². The third kappa shape index (κ3) is 3.10. The molecule has 1 aromatic rings. The molecule has 0 aromatic heterocycles. The molecule has 15 heavy (non-hydrogen) atoms.